The van der Waals surface area contributed by atoms with Gasteiger partial charge in [0, 0.05) is 29.5 Å². The van der Waals surface area contributed by atoms with Gasteiger partial charge in [-0.3, -0.25) is 10.3 Å². The first-order valence-electron chi connectivity index (χ1n) is 12.7. The van der Waals surface area contributed by atoms with Crippen LogP contribution in [0.4, 0.5) is 10.5 Å². The first kappa shape index (κ1) is 23.0. The highest BCUT2D eigenvalue weighted by atomic mass is 16.6. The van der Waals surface area contributed by atoms with Gasteiger partial charge in [-0.15, -0.1) is 0 Å². The summed E-state index contributed by atoms with van der Waals surface area (Å²) >= 11 is 0. The standard InChI is InChI=1S/C29H27N5O3/c1-18(19-5-6-19)36-29(35)33-21-9-7-20(8-10-21)28-25(16-30)24-15-23(37-27-17-31-13-14-32-27)11-12-26(24)34(28)22-3-2-4-22/h7-15,17-19,22H,2-6H2,1H3,(H,33,35)/t18-/m1/s1. The molecule has 1 N–H and O–H groups in total. The van der Waals surface area contributed by atoms with E-state index in [0.29, 0.717) is 34.8 Å². The minimum atomic E-state index is -0.441. The van der Waals surface area contributed by atoms with Gasteiger partial charge in [0.2, 0.25) is 5.88 Å². The number of carbonyl (C=O) groups excluding carboxylic acids is 1. The lowest BCUT2D eigenvalue weighted by Crippen LogP contribution is -2.21. The van der Waals surface area contributed by atoms with Gasteiger partial charge in [-0.2, -0.15) is 5.26 Å². The molecule has 2 heterocycles. The van der Waals surface area contributed by atoms with E-state index in [1.165, 1.54) is 6.42 Å². The second kappa shape index (κ2) is 9.58. The number of hydrogen-bond acceptors (Lipinski definition) is 6. The van der Waals surface area contributed by atoms with Gasteiger partial charge in [-0.25, -0.2) is 9.78 Å². The summed E-state index contributed by atoms with van der Waals surface area (Å²) in [5.74, 6) is 1.48. The fourth-order valence-electron chi connectivity index (χ4n) is 4.93. The molecule has 186 valence electrons. The van der Waals surface area contributed by atoms with Crippen LogP contribution in [0.15, 0.2) is 61.1 Å². The lowest BCUT2D eigenvalue weighted by molar-refractivity contribution is 0.108. The molecule has 0 radical (unpaired) electrons. The summed E-state index contributed by atoms with van der Waals surface area (Å²) in [5.41, 5.74) is 4.06. The fourth-order valence-corrected chi connectivity index (χ4v) is 4.93. The highest BCUT2D eigenvalue weighted by Crippen LogP contribution is 2.43. The number of benzene rings is 2. The summed E-state index contributed by atoms with van der Waals surface area (Å²) in [6, 6.07) is 16.2. The normalized spacial score (nSPS) is 16.0. The van der Waals surface area contributed by atoms with Crippen molar-refractivity contribution in [2.75, 3.05) is 5.32 Å². The molecule has 4 aromatic rings. The number of aromatic nitrogens is 3. The molecule has 0 unspecified atom stereocenters. The molecule has 37 heavy (non-hydrogen) atoms. The number of anilines is 1. The average molecular weight is 494 g/mol. The Hall–Kier alpha value is -4.38. The van der Waals surface area contributed by atoms with Gasteiger partial charge in [0.05, 0.1) is 23.0 Å². The Morgan fingerprint density at radius 3 is 2.59 bits per heavy atom. The topological polar surface area (TPSA) is 102 Å². The van der Waals surface area contributed by atoms with Crippen molar-refractivity contribution in [3.63, 3.8) is 0 Å². The predicted molar refractivity (Wildman–Crippen MR) is 139 cm³/mol. The molecule has 1 atom stereocenters. The monoisotopic (exact) mass is 493 g/mol. The molecular weight excluding hydrogens is 466 g/mol. The largest absolute Gasteiger partial charge is 0.446 e. The van der Waals surface area contributed by atoms with E-state index in [4.69, 9.17) is 9.47 Å². The third-order valence-electron chi connectivity index (χ3n) is 7.27. The number of rotatable bonds is 7. The minimum absolute atomic E-state index is 0.0709. The van der Waals surface area contributed by atoms with Crippen molar-refractivity contribution >= 4 is 22.7 Å². The summed E-state index contributed by atoms with van der Waals surface area (Å²) in [5, 5.41) is 13.9. The molecule has 8 heteroatoms. The van der Waals surface area contributed by atoms with Crippen LogP contribution in [0.1, 0.15) is 50.6 Å². The van der Waals surface area contributed by atoms with E-state index in [2.05, 4.69) is 25.9 Å². The van der Waals surface area contributed by atoms with Crippen LogP contribution >= 0.6 is 0 Å². The Morgan fingerprint density at radius 1 is 1.14 bits per heavy atom. The van der Waals surface area contributed by atoms with Crippen molar-refractivity contribution in [2.24, 2.45) is 5.92 Å². The SMILES string of the molecule is C[C@@H](OC(=O)Nc1ccc(-c2c(C#N)c3cc(Oc4cnccn4)ccc3n2C2CCC2)cc1)C1CC1. The Bertz CT molecular complexity index is 1480. The molecule has 0 spiro atoms. The molecule has 6 rings (SSSR count). The number of nitrogens with one attached hydrogen (secondary N) is 1. The number of fused-ring (bicyclic) bond motifs is 1. The van der Waals surface area contributed by atoms with Crippen LogP contribution in [-0.4, -0.2) is 26.7 Å². The Labute approximate surface area is 214 Å². The smallest absolute Gasteiger partial charge is 0.411 e. The average Bonchev–Trinajstić information content (AvgIpc) is 3.68. The van der Waals surface area contributed by atoms with Crippen molar-refractivity contribution in [1.29, 1.82) is 5.26 Å². The van der Waals surface area contributed by atoms with Crippen molar-refractivity contribution in [1.82, 2.24) is 14.5 Å². The molecule has 0 saturated heterocycles. The summed E-state index contributed by atoms with van der Waals surface area (Å²) in [6.45, 7) is 1.94. The summed E-state index contributed by atoms with van der Waals surface area (Å²) in [6.07, 6.45) is 9.76. The van der Waals surface area contributed by atoms with Crippen LogP contribution in [0.3, 0.4) is 0 Å². The number of amides is 1. The van der Waals surface area contributed by atoms with E-state index >= 15 is 0 Å². The highest BCUT2D eigenvalue weighted by Gasteiger charge is 2.31. The van der Waals surface area contributed by atoms with Crippen molar-refractivity contribution in [3.8, 4) is 29.0 Å². The molecular formula is C29H27N5O3. The molecule has 2 aromatic carbocycles. The highest BCUT2D eigenvalue weighted by molar-refractivity contribution is 5.96. The Morgan fingerprint density at radius 2 is 1.95 bits per heavy atom. The fraction of sp³-hybridized carbons (Fsp3) is 0.310. The number of hydrogen-bond donors (Lipinski definition) is 1. The van der Waals surface area contributed by atoms with E-state index in [1.807, 2.05) is 49.4 Å². The lowest BCUT2D eigenvalue weighted by atomic mass is 9.92. The molecule has 2 saturated carbocycles. The number of carbonyl (C=O) groups is 1. The molecule has 1 amide bonds. The van der Waals surface area contributed by atoms with Gasteiger partial charge < -0.3 is 14.0 Å². The van der Waals surface area contributed by atoms with Gasteiger partial charge in [0.15, 0.2) is 0 Å². The molecule has 8 nitrogen and oxygen atoms in total. The molecule has 2 aliphatic rings. The third-order valence-corrected chi connectivity index (χ3v) is 7.27. The summed E-state index contributed by atoms with van der Waals surface area (Å²) < 4.78 is 13.7. The molecule has 2 aromatic heterocycles. The van der Waals surface area contributed by atoms with Gasteiger partial charge in [-0.05, 0) is 80.8 Å². The van der Waals surface area contributed by atoms with E-state index < -0.39 is 6.09 Å². The minimum Gasteiger partial charge on any atom is -0.446 e. The zero-order chi connectivity index (χ0) is 25.4. The second-order valence-electron chi connectivity index (χ2n) is 9.77. The third kappa shape index (κ3) is 4.60. The van der Waals surface area contributed by atoms with Crippen molar-refractivity contribution < 1.29 is 14.3 Å². The molecule has 2 aliphatic carbocycles. The Kier molecular flexibility index (Phi) is 5.97. The van der Waals surface area contributed by atoms with Gasteiger partial charge in [0.1, 0.15) is 17.9 Å². The quantitative estimate of drug-likeness (QED) is 0.303. The maximum Gasteiger partial charge on any atom is 0.411 e. The van der Waals surface area contributed by atoms with Gasteiger partial charge >= 0.3 is 6.09 Å². The number of ether oxygens (including phenoxy) is 2. The van der Waals surface area contributed by atoms with E-state index in [-0.39, 0.29) is 6.10 Å². The van der Waals surface area contributed by atoms with E-state index in [9.17, 15) is 10.1 Å². The molecule has 2 fully saturated rings. The van der Waals surface area contributed by atoms with E-state index in [0.717, 1.165) is 47.8 Å². The number of nitriles is 1. The van der Waals surface area contributed by atoms with Gasteiger partial charge in [0.25, 0.3) is 0 Å². The maximum atomic E-state index is 12.3. The first-order valence-corrected chi connectivity index (χ1v) is 12.7. The summed E-state index contributed by atoms with van der Waals surface area (Å²) in [7, 11) is 0. The van der Waals surface area contributed by atoms with Crippen LogP contribution in [0.25, 0.3) is 22.2 Å². The maximum absolute atomic E-state index is 12.3. The van der Waals surface area contributed by atoms with Crippen LogP contribution in [0.2, 0.25) is 0 Å². The second-order valence-corrected chi connectivity index (χ2v) is 9.77. The van der Waals surface area contributed by atoms with Crippen molar-refractivity contribution in [2.45, 2.75) is 51.2 Å². The summed E-state index contributed by atoms with van der Waals surface area (Å²) in [4.78, 5) is 20.5. The van der Waals surface area contributed by atoms with Crippen LogP contribution in [-0.2, 0) is 4.74 Å². The first-order chi connectivity index (χ1) is 18.1. The van der Waals surface area contributed by atoms with Crippen LogP contribution < -0.4 is 10.1 Å². The lowest BCUT2D eigenvalue weighted by Gasteiger charge is -2.30. The molecule has 0 aliphatic heterocycles. The Balaban J connectivity index is 1.33. The van der Waals surface area contributed by atoms with Crippen molar-refractivity contribution in [3.05, 3.63) is 66.6 Å². The zero-order valence-electron chi connectivity index (χ0n) is 20.6. The molecule has 0 bridgehead atoms. The van der Waals surface area contributed by atoms with Crippen LogP contribution in [0.5, 0.6) is 11.6 Å². The zero-order valence-corrected chi connectivity index (χ0v) is 20.6. The predicted octanol–water partition coefficient (Wildman–Crippen LogP) is 6.83. The van der Waals surface area contributed by atoms with Gasteiger partial charge in [-0.1, -0.05) is 12.1 Å². The van der Waals surface area contributed by atoms with E-state index in [1.54, 1.807) is 18.6 Å². The van der Waals surface area contributed by atoms with Crippen LogP contribution in [0, 0.1) is 17.2 Å². The number of nitrogens with zero attached hydrogens (tertiary/aromatic N) is 4.